The maximum Gasteiger partial charge on any atom is 0.251 e. The van der Waals surface area contributed by atoms with Gasteiger partial charge >= 0.3 is 0 Å². The van der Waals surface area contributed by atoms with Crippen molar-refractivity contribution in [2.75, 3.05) is 19.6 Å². The quantitative estimate of drug-likeness (QED) is 0.836. The molecule has 0 radical (unpaired) electrons. The van der Waals surface area contributed by atoms with Gasteiger partial charge in [-0.15, -0.1) is 0 Å². The van der Waals surface area contributed by atoms with Crippen molar-refractivity contribution in [2.45, 2.75) is 12.8 Å². The first-order valence-corrected chi connectivity index (χ1v) is 8.38. The fourth-order valence-electron chi connectivity index (χ4n) is 3.80. The van der Waals surface area contributed by atoms with Crippen molar-refractivity contribution in [3.8, 4) is 11.1 Å². The van der Waals surface area contributed by atoms with Gasteiger partial charge in [0.2, 0.25) is 0 Å². The summed E-state index contributed by atoms with van der Waals surface area (Å²) in [6.45, 7) is 4.16. The first kappa shape index (κ1) is 15.1. The van der Waals surface area contributed by atoms with Crippen LogP contribution in [0.2, 0.25) is 0 Å². The van der Waals surface area contributed by atoms with Crippen molar-refractivity contribution in [1.29, 1.82) is 0 Å². The monoisotopic (exact) mass is 320 g/mol. The minimum atomic E-state index is 0.00368. The Balaban J connectivity index is 1.79. The Labute approximate surface area is 141 Å². The van der Waals surface area contributed by atoms with E-state index in [0.29, 0.717) is 17.4 Å². The zero-order valence-electron chi connectivity index (χ0n) is 13.6. The van der Waals surface area contributed by atoms with Gasteiger partial charge < -0.3 is 10.6 Å². The second kappa shape index (κ2) is 5.87. The summed E-state index contributed by atoms with van der Waals surface area (Å²) in [5.74, 6) is 0.895. The summed E-state index contributed by atoms with van der Waals surface area (Å²) >= 11 is 0. The molecule has 1 fully saturated rings. The molecule has 0 bridgehead atoms. The predicted molar refractivity (Wildman–Crippen MR) is 93.3 cm³/mol. The predicted octanol–water partition coefficient (Wildman–Crippen LogP) is 2.60. The third kappa shape index (κ3) is 2.53. The second-order valence-corrected chi connectivity index (χ2v) is 6.67. The number of hydrogen-bond donors (Lipinski definition) is 2. The highest BCUT2D eigenvalue weighted by atomic mass is 16.1. The summed E-state index contributed by atoms with van der Waals surface area (Å²) in [5.41, 5.74) is 4.51. The number of Topliss-reactive ketones (excluding diaryl/α,β-unsaturated/α-hetero) is 1. The number of nitrogens with one attached hydrogen (secondary N) is 2. The van der Waals surface area contributed by atoms with E-state index in [1.165, 1.54) is 0 Å². The molecule has 0 aliphatic carbocycles. The molecule has 2 atom stereocenters. The van der Waals surface area contributed by atoms with Gasteiger partial charge in [-0.2, -0.15) is 0 Å². The lowest BCUT2D eigenvalue weighted by Gasteiger charge is -2.17. The molecule has 2 N–H and O–H groups in total. The van der Waals surface area contributed by atoms with Crippen LogP contribution < -0.4 is 10.6 Å². The minimum Gasteiger partial charge on any atom is -0.352 e. The van der Waals surface area contributed by atoms with Gasteiger partial charge in [0.05, 0.1) is 0 Å². The van der Waals surface area contributed by atoms with Crippen LogP contribution in [0.15, 0.2) is 42.5 Å². The van der Waals surface area contributed by atoms with E-state index in [4.69, 9.17) is 0 Å². The van der Waals surface area contributed by atoms with Gasteiger partial charge in [0.1, 0.15) is 0 Å². The van der Waals surface area contributed by atoms with Crippen molar-refractivity contribution in [2.24, 2.45) is 5.92 Å². The number of carbonyl (C=O) groups is 2. The standard InChI is InChI=1S/C20H20N2O2/c1-12(23)13-3-2-4-14(7-13)15-5-6-17-18(8-15)20(24)22-10-16-9-21-11-19(16)17/h2-8,16,19,21H,9-11H2,1H3,(H,22,24)/t16-,19+/m0/s1. The number of rotatable bonds is 2. The summed E-state index contributed by atoms with van der Waals surface area (Å²) in [5, 5.41) is 6.47. The normalized spacial score (nSPS) is 22.3. The van der Waals surface area contributed by atoms with Gasteiger partial charge in [-0.05, 0) is 41.7 Å². The summed E-state index contributed by atoms with van der Waals surface area (Å²) in [7, 11) is 0. The van der Waals surface area contributed by atoms with Crippen LogP contribution in [0.5, 0.6) is 0 Å². The van der Waals surface area contributed by atoms with Crippen LogP contribution in [-0.2, 0) is 0 Å². The van der Waals surface area contributed by atoms with E-state index >= 15 is 0 Å². The van der Waals surface area contributed by atoms with Crippen LogP contribution in [0.25, 0.3) is 11.1 Å². The van der Waals surface area contributed by atoms with Gasteiger partial charge in [-0.3, -0.25) is 9.59 Å². The molecule has 2 aromatic carbocycles. The first-order chi connectivity index (χ1) is 11.6. The summed E-state index contributed by atoms with van der Waals surface area (Å²) in [6, 6.07) is 13.7. The number of hydrogen-bond acceptors (Lipinski definition) is 3. The Morgan fingerprint density at radius 2 is 1.88 bits per heavy atom. The lowest BCUT2D eigenvalue weighted by atomic mass is 9.86. The molecule has 2 heterocycles. The average molecular weight is 320 g/mol. The van der Waals surface area contributed by atoms with Gasteiger partial charge in [-0.1, -0.05) is 30.3 Å². The van der Waals surface area contributed by atoms with Crippen molar-refractivity contribution in [3.63, 3.8) is 0 Å². The van der Waals surface area contributed by atoms with E-state index in [-0.39, 0.29) is 11.7 Å². The summed E-state index contributed by atoms with van der Waals surface area (Å²) in [4.78, 5) is 24.1. The highest BCUT2D eigenvalue weighted by molar-refractivity contribution is 5.98. The van der Waals surface area contributed by atoms with Crippen LogP contribution in [0.3, 0.4) is 0 Å². The third-order valence-electron chi connectivity index (χ3n) is 5.16. The Morgan fingerprint density at radius 3 is 2.71 bits per heavy atom. The van der Waals surface area contributed by atoms with E-state index in [2.05, 4.69) is 22.8 Å². The Kier molecular flexibility index (Phi) is 3.69. The molecule has 122 valence electrons. The number of amides is 1. The second-order valence-electron chi connectivity index (χ2n) is 6.67. The summed E-state index contributed by atoms with van der Waals surface area (Å²) in [6.07, 6.45) is 0. The highest BCUT2D eigenvalue weighted by Gasteiger charge is 2.34. The molecule has 2 aliphatic heterocycles. The smallest absolute Gasteiger partial charge is 0.251 e. The van der Waals surface area contributed by atoms with Crippen LogP contribution in [0.1, 0.15) is 39.1 Å². The lowest BCUT2D eigenvalue weighted by Crippen LogP contribution is -2.28. The maximum atomic E-state index is 12.5. The van der Waals surface area contributed by atoms with Crippen LogP contribution in [0, 0.1) is 5.92 Å². The molecule has 4 rings (SSSR count). The molecule has 1 saturated heterocycles. The van der Waals surface area contributed by atoms with E-state index < -0.39 is 0 Å². The van der Waals surface area contributed by atoms with Crippen molar-refractivity contribution < 1.29 is 9.59 Å². The molecule has 0 spiro atoms. The molecule has 1 amide bonds. The largest absolute Gasteiger partial charge is 0.352 e. The maximum absolute atomic E-state index is 12.5. The van der Waals surface area contributed by atoms with Gasteiger partial charge in [0, 0.05) is 36.7 Å². The van der Waals surface area contributed by atoms with Crippen molar-refractivity contribution in [1.82, 2.24) is 10.6 Å². The Morgan fingerprint density at radius 1 is 1.04 bits per heavy atom. The zero-order valence-corrected chi connectivity index (χ0v) is 13.6. The number of fused-ring (bicyclic) bond motifs is 3. The molecule has 0 saturated carbocycles. The molecule has 0 unspecified atom stereocenters. The van der Waals surface area contributed by atoms with Crippen molar-refractivity contribution in [3.05, 3.63) is 59.2 Å². The number of ketones is 1. The molecule has 4 heteroatoms. The molecular weight excluding hydrogens is 300 g/mol. The molecular formula is C20H20N2O2. The Hall–Kier alpha value is -2.46. The minimum absolute atomic E-state index is 0.00368. The fraction of sp³-hybridized carbons (Fsp3) is 0.300. The fourth-order valence-corrected chi connectivity index (χ4v) is 3.80. The van der Waals surface area contributed by atoms with Crippen LogP contribution in [0.4, 0.5) is 0 Å². The van der Waals surface area contributed by atoms with E-state index in [1.807, 2.05) is 30.3 Å². The van der Waals surface area contributed by atoms with Gasteiger partial charge in [0.25, 0.3) is 5.91 Å². The molecule has 2 aliphatic rings. The summed E-state index contributed by atoms with van der Waals surface area (Å²) < 4.78 is 0. The number of benzene rings is 2. The van der Waals surface area contributed by atoms with Gasteiger partial charge in [0.15, 0.2) is 5.78 Å². The first-order valence-electron chi connectivity index (χ1n) is 8.38. The van der Waals surface area contributed by atoms with Crippen molar-refractivity contribution >= 4 is 11.7 Å². The third-order valence-corrected chi connectivity index (χ3v) is 5.16. The SMILES string of the molecule is CC(=O)c1cccc(-c2ccc3c(c2)C(=O)NC[C@@H]2CNC[C@@H]32)c1. The van der Waals surface area contributed by atoms with Crippen LogP contribution >= 0.6 is 0 Å². The van der Waals surface area contributed by atoms with Crippen LogP contribution in [-0.4, -0.2) is 31.3 Å². The molecule has 2 aromatic rings. The van der Waals surface area contributed by atoms with E-state index in [0.717, 1.165) is 41.9 Å². The average Bonchev–Trinajstić information content (AvgIpc) is 3.03. The van der Waals surface area contributed by atoms with Gasteiger partial charge in [-0.25, -0.2) is 0 Å². The Bertz CT molecular complexity index is 828. The molecule has 0 aromatic heterocycles. The zero-order chi connectivity index (χ0) is 16.7. The highest BCUT2D eigenvalue weighted by Crippen LogP contribution is 2.34. The molecule has 4 nitrogen and oxygen atoms in total. The number of carbonyl (C=O) groups excluding carboxylic acids is 2. The van der Waals surface area contributed by atoms with E-state index in [1.54, 1.807) is 6.92 Å². The lowest BCUT2D eigenvalue weighted by molar-refractivity contribution is 0.0951. The van der Waals surface area contributed by atoms with E-state index in [9.17, 15) is 9.59 Å². The molecule has 24 heavy (non-hydrogen) atoms. The topological polar surface area (TPSA) is 58.2 Å².